The molecule has 1 N–H and O–H groups in total. The van der Waals surface area contributed by atoms with Gasteiger partial charge < -0.3 is 9.40 Å². The number of rotatable bonds is 2. The van der Waals surface area contributed by atoms with Gasteiger partial charge in [0.05, 0.1) is 16.0 Å². The second-order valence-electron chi connectivity index (χ2n) is 5.94. The third-order valence-corrected chi connectivity index (χ3v) is 4.29. The average Bonchev–Trinajstić information content (AvgIpc) is 2.96. The zero-order chi connectivity index (χ0) is 17.7. The number of para-hydroxylation sites is 1. The molecule has 0 unspecified atom stereocenters. The summed E-state index contributed by atoms with van der Waals surface area (Å²) in [7, 11) is 0. The molecule has 25 heavy (non-hydrogen) atoms. The van der Waals surface area contributed by atoms with Gasteiger partial charge in [-0.2, -0.15) is 0 Å². The van der Waals surface area contributed by atoms with Gasteiger partial charge in [0.15, 0.2) is 0 Å². The molecule has 0 radical (unpaired) electrons. The largest absolute Gasteiger partial charge is 0.415 e. The Labute approximate surface area is 141 Å². The summed E-state index contributed by atoms with van der Waals surface area (Å²) in [5.74, 6) is 0.377. The minimum absolute atomic E-state index is 0.0379. The zero-order valence-electron chi connectivity index (χ0n) is 13.5. The number of benzene rings is 2. The molecule has 0 fully saturated rings. The van der Waals surface area contributed by atoms with Crippen molar-refractivity contribution in [1.82, 2.24) is 9.97 Å². The SMILES string of the molecule is Cc1cc2nc(-c3cc4cccc([N+](=O)[O-])c4oc3=O)[nH]c2cc1C. The van der Waals surface area contributed by atoms with Crippen LogP contribution in [0.2, 0.25) is 0 Å². The molecule has 7 heteroatoms. The number of aryl methyl sites for hydroxylation is 2. The summed E-state index contributed by atoms with van der Waals surface area (Å²) in [6, 6.07) is 9.98. The quantitative estimate of drug-likeness (QED) is 0.340. The number of nitrogens with one attached hydrogen (secondary N) is 1. The smallest absolute Gasteiger partial charge is 0.347 e. The summed E-state index contributed by atoms with van der Waals surface area (Å²) >= 11 is 0. The maximum atomic E-state index is 12.4. The number of H-pyrrole nitrogens is 1. The average molecular weight is 335 g/mol. The zero-order valence-corrected chi connectivity index (χ0v) is 13.5. The van der Waals surface area contributed by atoms with Crippen LogP contribution < -0.4 is 5.63 Å². The number of aromatic amines is 1. The summed E-state index contributed by atoms with van der Waals surface area (Å²) < 4.78 is 5.23. The molecular weight excluding hydrogens is 322 g/mol. The number of non-ortho nitro benzene ring substituents is 1. The van der Waals surface area contributed by atoms with Gasteiger partial charge in [-0.3, -0.25) is 10.1 Å². The van der Waals surface area contributed by atoms with Gasteiger partial charge in [0.2, 0.25) is 5.58 Å². The van der Waals surface area contributed by atoms with Crippen molar-refractivity contribution in [2.45, 2.75) is 13.8 Å². The molecule has 2 heterocycles. The summed E-state index contributed by atoms with van der Waals surface area (Å²) in [5.41, 5.74) is 3.07. The van der Waals surface area contributed by atoms with Gasteiger partial charge in [-0.05, 0) is 43.2 Å². The molecule has 124 valence electrons. The van der Waals surface area contributed by atoms with Gasteiger partial charge >= 0.3 is 11.3 Å². The Morgan fingerprint density at radius 3 is 2.68 bits per heavy atom. The summed E-state index contributed by atoms with van der Waals surface area (Å²) in [6.07, 6.45) is 0. The van der Waals surface area contributed by atoms with E-state index in [1.807, 2.05) is 26.0 Å². The van der Waals surface area contributed by atoms with Crippen molar-refractivity contribution in [1.29, 1.82) is 0 Å². The fourth-order valence-electron chi connectivity index (χ4n) is 2.84. The van der Waals surface area contributed by atoms with Crippen molar-refractivity contribution in [3.63, 3.8) is 0 Å². The highest BCUT2D eigenvalue weighted by atomic mass is 16.6. The first-order valence-corrected chi connectivity index (χ1v) is 7.62. The van der Waals surface area contributed by atoms with Gasteiger partial charge in [0, 0.05) is 11.5 Å². The maximum absolute atomic E-state index is 12.4. The van der Waals surface area contributed by atoms with Crippen molar-refractivity contribution < 1.29 is 9.34 Å². The van der Waals surface area contributed by atoms with Crippen LogP contribution in [0.3, 0.4) is 0 Å². The third kappa shape index (κ3) is 2.37. The molecule has 0 saturated heterocycles. The normalized spacial score (nSPS) is 11.3. The Balaban J connectivity index is 1.97. The Bertz CT molecular complexity index is 1180. The lowest BCUT2D eigenvalue weighted by Gasteiger charge is -2.00. The molecule has 2 aromatic heterocycles. The van der Waals surface area contributed by atoms with Crippen LogP contribution in [-0.2, 0) is 0 Å². The molecule has 0 bridgehead atoms. The highest BCUT2D eigenvalue weighted by molar-refractivity contribution is 5.88. The van der Waals surface area contributed by atoms with Crippen LogP contribution >= 0.6 is 0 Å². The van der Waals surface area contributed by atoms with E-state index in [9.17, 15) is 14.9 Å². The number of aromatic nitrogens is 2. The number of hydrogen-bond donors (Lipinski definition) is 1. The van der Waals surface area contributed by atoms with Crippen LogP contribution in [-0.4, -0.2) is 14.9 Å². The molecule has 4 rings (SSSR count). The maximum Gasteiger partial charge on any atom is 0.347 e. The fraction of sp³-hybridized carbons (Fsp3) is 0.111. The molecule has 0 amide bonds. The lowest BCUT2D eigenvalue weighted by Crippen LogP contribution is -2.04. The molecule has 7 nitrogen and oxygen atoms in total. The van der Waals surface area contributed by atoms with Crippen molar-refractivity contribution in [2.24, 2.45) is 0 Å². The lowest BCUT2D eigenvalue weighted by molar-refractivity contribution is -0.383. The molecule has 0 spiro atoms. The molecule has 0 atom stereocenters. The Morgan fingerprint density at radius 1 is 1.16 bits per heavy atom. The van der Waals surface area contributed by atoms with Crippen LogP contribution in [0.1, 0.15) is 11.1 Å². The minimum atomic E-state index is -0.672. The Hall–Kier alpha value is -3.48. The highest BCUT2D eigenvalue weighted by Crippen LogP contribution is 2.28. The van der Waals surface area contributed by atoms with Gasteiger partial charge in [-0.25, -0.2) is 9.78 Å². The lowest BCUT2D eigenvalue weighted by atomic mass is 10.1. The second-order valence-corrected chi connectivity index (χ2v) is 5.94. The van der Waals surface area contributed by atoms with E-state index in [1.165, 1.54) is 6.07 Å². The number of fused-ring (bicyclic) bond motifs is 2. The van der Waals surface area contributed by atoms with E-state index in [1.54, 1.807) is 18.2 Å². The summed E-state index contributed by atoms with van der Waals surface area (Å²) in [4.78, 5) is 30.5. The Kier molecular flexibility index (Phi) is 3.18. The van der Waals surface area contributed by atoms with Crippen molar-refractivity contribution in [3.8, 4) is 11.4 Å². The van der Waals surface area contributed by atoms with E-state index < -0.39 is 10.5 Å². The van der Waals surface area contributed by atoms with Crippen LogP contribution in [0.4, 0.5) is 5.69 Å². The predicted molar refractivity (Wildman–Crippen MR) is 93.7 cm³/mol. The number of nitro benzene ring substituents is 1. The van der Waals surface area contributed by atoms with Crippen molar-refractivity contribution in [3.05, 3.63) is 68.1 Å². The van der Waals surface area contributed by atoms with Crippen molar-refractivity contribution >= 4 is 27.7 Å². The molecular formula is C18H13N3O4. The summed E-state index contributed by atoms with van der Waals surface area (Å²) in [6.45, 7) is 3.99. The van der Waals surface area contributed by atoms with Gasteiger partial charge in [-0.1, -0.05) is 12.1 Å². The van der Waals surface area contributed by atoms with E-state index in [0.29, 0.717) is 11.2 Å². The second kappa shape index (κ2) is 5.27. The van der Waals surface area contributed by atoms with Crippen LogP contribution in [0.25, 0.3) is 33.4 Å². The molecule has 0 aliphatic rings. The number of nitrogens with zero attached hydrogens (tertiary/aromatic N) is 2. The van der Waals surface area contributed by atoms with Crippen LogP contribution in [0.15, 0.2) is 45.6 Å². The van der Waals surface area contributed by atoms with E-state index in [2.05, 4.69) is 9.97 Å². The van der Waals surface area contributed by atoms with Gasteiger partial charge in [-0.15, -0.1) is 0 Å². The first kappa shape index (κ1) is 15.1. The molecule has 0 saturated carbocycles. The number of hydrogen-bond acceptors (Lipinski definition) is 5. The van der Waals surface area contributed by atoms with Gasteiger partial charge in [0.1, 0.15) is 11.4 Å². The molecule has 4 aromatic rings. The molecule has 2 aromatic carbocycles. The fourth-order valence-corrected chi connectivity index (χ4v) is 2.84. The molecule has 0 aliphatic heterocycles. The molecule has 0 aliphatic carbocycles. The number of imidazole rings is 1. The van der Waals surface area contributed by atoms with E-state index in [4.69, 9.17) is 4.42 Å². The standard InChI is InChI=1S/C18H13N3O4/c1-9-6-13-14(7-10(9)2)20-17(19-13)12-8-11-4-3-5-15(21(23)24)16(11)25-18(12)22/h3-8H,1-2H3,(H,19,20). The minimum Gasteiger partial charge on any atom is -0.415 e. The van der Waals surface area contributed by atoms with E-state index in [0.717, 1.165) is 22.2 Å². The summed E-state index contributed by atoms with van der Waals surface area (Å²) in [5, 5.41) is 11.6. The van der Waals surface area contributed by atoms with E-state index >= 15 is 0 Å². The monoisotopic (exact) mass is 335 g/mol. The van der Waals surface area contributed by atoms with Crippen molar-refractivity contribution in [2.75, 3.05) is 0 Å². The predicted octanol–water partition coefficient (Wildman–Crippen LogP) is 3.86. The number of nitro groups is 1. The van der Waals surface area contributed by atoms with Crippen LogP contribution in [0.5, 0.6) is 0 Å². The van der Waals surface area contributed by atoms with E-state index in [-0.39, 0.29) is 16.8 Å². The first-order valence-electron chi connectivity index (χ1n) is 7.62. The highest BCUT2D eigenvalue weighted by Gasteiger charge is 2.18. The first-order chi connectivity index (χ1) is 11.9. The van der Waals surface area contributed by atoms with Crippen LogP contribution in [0, 0.1) is 24.0 Å². The third-order valence-electron chi connectivity index (χ3n) is 4.29. The topological polar surface area (TPSA) is 102 Å². The Morgan fingerprint density at radius 2 is 1.92 bits per heavy atom. The van der Waals surface area contributed by atoms with Gasteiger partial charge in [0.25, 0.3) is 0 Å².